The molecule has 0 N–H and O–H groups in total. The van der Waals surface area contributed by atoms with Crippen molar-refractivity contribution in [3.05, 3.63) is 53.0 Å². The molecule has 0 radical (unpaired) electrons. The van der Waals surface area contributed by atoms with Crippen molar-refractivity contribution >= 4 is 47.6 Å². The molecular weight excluding hydrogens is 514 g/mol. The van der Waals surface area contributed by atoms with Crippen molar-refractivity contribution in [3.8, 4) is 17.1 Å². The fourth-order valence-corrected chi connectivity index (χ4v) is 4.50. The molecule has 3 rings (SSSR count). The predicted octanol–water partition coefficient (Wildman–Crippen LogP) is 3.17. The van der Waals surface area contributed by atoms with E-state index in [1.165, 1.54) is 23.9 Å². The molecule has 2 aromatic carbocycles. The number of benzene rings is 2. The standard InChI is InChI=1S/C18H18BrN3O5S3/c1-29(23,24)16-9-3-13(4-10-16)17-20-18(28-12-11-27-30(2,25)26)21-22(17)15-7-5-14(19)6-8-15/h3-10H,11-12H2,1-2H3. The van der Waals surface area contributed by atoms with Gasteiger partial charge in [0.15, 0.2) is 15.7 Å². The first-order valence-electron chi connectivity index (χ1n) is 8.54. The molecule has 0 aliphatic carbocycles. The number of hydrogen-bond donors (Lipinski definition) is 0. The maximum atomic E-state index is 11.7. The van der Waals surface area contributed by atoms with Crippen LogP contribution in [0.3, 0.4) is 0 Å². The largest absolute Gasteiger partial charge is 0.269 e. The summed E-state index contributed by atoms with van der Waals surface area (Å²) in [6.45, 7) is 0.00864. The zero-order chi connectivity index (χ0) is 21.9. The van der Waals surface area contributed by atoms with Crippen molar-refractivity contribution in [2.24, 2.45) is 0 Å². The van der Waals surface area contributed by atoms with E-state index in [1.807, 2.05) is 24.3 Å². The maximum Gasteiger partial charge on any atom is 0.264 e. The molecule has 0 saturated carbocycles. The molecule has 8 nitrogen and oxygen atoms in total. The third-order valence-electron chi connectivity index (χ3n) is 3.81. The minimum atomic E-state index is -3.50. The molecule has 1 aromatic heterocycles. The lowest BCUT2D eigenvalue weighted by Crippen LogP contribution is -2.05. The third-order valence-corrected chi connectivity index (χ3v) is 6.87. The molecule has 160 valence electrons. The molecular formula is C18H18BrN3O5S3. The van der Waals surface area contributed by atoms with Crippen LogP contribution in [0.4, 0.5) is 0 Å². The number of halogens is 1. The van der Waals surface area contributed by atoms with Crippen LogP contribution in [0, 0.1) is 0 Å². The van der Waals surface area contributed by atoms with Crippen molar-refractivity contribution in [2.45, 2.75) is 10.1 Å². The minimum Gasteiger partial charge on any atom is -0.269 e. The Morgan fingerprint density at radius 1 is 1.00 bits per heavy atom. The van der Waals surface area contributed by atoms with Crippen LogP contribution in [-0.4, -0.2) is 56.5 Å². The topological polar surface area (TPSA) is 108 Å². The van der Waals surface area contributed by atoms with Crippen LogP contribution in [-0.2, 0) is 24.1 Å². The second-order valence-corrected chi connectivity index (χ2v) is 11.9. The van der Waals surface area contributed by atoms with Crippen LogP contribution >= 0.6 is 27.7 Å². The van der Waals surface area contributed by atoms with Crippen LogP contribution in [0.15, 0.2) is 63.1 Å². The van der Waals surface area contributed by atoms with Crippen LogP contribution in [0.25, 0.3) is 17.1 Å². The van der Waals surface area contributed by atoms with Crippen LogP contribution in [0.2, 0.25) is 0 Å². The number of hydrogen-bond acceptors (Lipinski definition) is 8. The van der Waals surface area contributed by atoms with Crippen molar-refractivity contribution in [3.63, 3.8) is 0 Å². The summed E-state index contributed by atoms with van der Waals surface area (Å²) in [5, 5.41) is 4.96. The fourth-order valence-electron chi connectivity index (χ4n) is 2.47. The first-order valence-corrected chi connectivity index (χ1v) is 14.0. The number of nitrogens with zero attached hydrogens (tertiary/aromatic N) is 3. The molecule has 3 aromatic rings. The maximum absolute atomic E-state index is 11.7. The van der Waals surface area contributed by atoms with E-state index >= 15 is 0 Å². The van der Waals surface area contributed by atoms with E-state index < -0.39 is 20.0 Å². The second-order valence-electron chi connectivity index (χ2n) is 6.28. The zero-order valence-electron chi connectivity index (χ0n) is 16.0. The SMILES string of the molecule is CS(=O)(=O)OCCSc1nc(-c2ccc(S(C)(=O)=O)cc2)n(-c2ccc(Br)cc2)n1. The van der Waals surface area contributed by atoms with Gasteiger partial charge in [-0.3, -0.25) is 4.18 Å². The third kappa shape index (κ3) is 6.14. The Hall–Kier alpha value is -1.73. The molecule has 1 heterocycles. The molecule has 30 heavy (non-hydrogen) atoms. The smallest absolute Gasteiger partial charge is 0.264 e. The van der Waals surface area contributed by atoms with Crippen molar-refractivity contribution in [2.75, 3.05) is 24.9 Å². The van der Waals surface area contributed by atoms with Gasteiger partial charge in [0, 0.05) is 22.0 Å². The van der Waals surface area contributed by atoms with Crippen LogP contribution in [0.1, 0.15) is 0 Å². The second kappa shape index (κ2) is 9.18. The molecule has 0 fully saturated rings. The van der Waals surface area contributed by atoms with Crippen LogP contribution < -0.4 is 0 Å². The highest BCUT2D eigenvalue weighted by molar-refractivity contribution is 9.10. The van der Waals surface area contributed by atoms with Gasteiger partial charge < -0.3 is 0 Å². The average Bonchev–Trinajstić information content (AvgIpc) is 3.09. The number of aromatic nitrogens is 3. The molecule has 0 bridgehead atoms. The molecule has 0 spiro atoms. The normalized spacial score (nSPS) is 12.2. The van der Waals surface area contributed by atoms with Gasteiger partial charge in [-0.25, -0.2) is 18.1 Å². The van der Waals surface area contributed by atoms with E-state index in [2.05, 4.69) is 26.0 Å². The van der Waals surface area contributed by atoms with Crippen molar-refractivity contribution in [1.82, 2.24) is 14.8 Å². The van der Waals surface area contributed by atoms with Gasteiger partial charge in [0.1, 0.15) is 0 Å². The lowest BCUT2D eigenvalue weighted by atomic mass is 10.2. The number of thioether (sulfide) groups is 1. The Morgan fingerprint density at radius 3 is 2.20 bits per heavy atom. The van der Waals surface area contributed by atoms with Crippen molar-refractivity contribution < 1.29 is 21.0 Å². The predicted molar refractivity (Wildman–Crippen MR) is 119 cm³/mol. The number of sulfone groups is 1. The monoisotopic (exact) mass is 531 g/mol. The van der Waals surface area contributed by atoms with Gasteiger partial charge in [0.2, 0.25) is 5.16 Å². The van der Waals surface area contributed by atoms with Gasteiger partial charge in [-0.05, 0) is 48.5 Å². The number of rotatable bonds is 8. The highest BCUT2D eigenvalue weighted by atomic mass is 79.9. The van der Waals surface area contributed by atoms with E-state index in [0.29, 0.717) is 22.3 Å². The molecule has 0 saturated heterocycles. The van der Waals surface area contributed by atoms with Gasteiger partial charge >= 0.3 is 0 Å². The zero-order valence-corrected chi connectivity index (χ0v) is 20.1. The lowest BCUT2D eigenvalue weighted by Gasteiger charge is -2.07. The summed E-state index contributed by atoms with van der Waals surface area (Å²) in [5.74, 6) is 0.882. The van der Waals surface area contributed by atoms with Gasteiger partial charge in [0.25, 0.3) is 10.1 Å². The van der Waals surface area contributed by atoms with E-state index in [1.54, 1.807) is 16.8 Å². The fraction of sp³-hybridized carbons (Fsp3) is 0.222. The molecule has 0 unspecified atom stereocenters. The van der Waals surface area contributed by atoms with Gasteiger partial charge in [-0.15, -0.1) is 5.10 Å². The summed E-state index contributed by atoms with van der Waals surface area (Å²) in [4.78, 5) is 4.77. The Bertz CT molecular complexity index is 1240. The Labute approximate surface area is 187 Å². The summed E-state index contributed by atoms with van der Waals surface area (Å²) in [6.07, 6.45) is 2.15. The summed E-state index contributed by atoms with van der Waals surface area (Å²) in [7, 11) is -6.81. The van der Waals surface area contributed by atoms with E-state index in [4.69, 9.17) is 4.18 Å². The van der Waals surface area contributed by atoms with Crippen LogP contribution in [0.5, 0.6) is 0 Å². The summed E-state index contributed by atoms with van der Waals surface area (Å²) in [6, 6.07) is 13.9. The first-order chi connectivity index (χ1) is 14.0. The Morgan fingerprint density at radius 2 is 1.63 bits per heavy atom. The molecule has 12 heteroatoms. The highest BCUT2D eigenvalue weighted by Crippen LogP contribution is 2.26. The highest BCUT2D eigenvalue weighted by Gasteiger charge is 2.16. The van der Waals surface area contributed by atoms with E-state index in [-0.39, 0.29) is 11.5 Å². The van der Waals surface area contributed by atoms with E-state index in [9.17, 15) is 16.8 Å². The molecule has 0 aliphatic rings. The quantitative estimate of drug-likeness (QED) is 0.247. The molecule has 0 amide bonds. The first kappa shape index (κ1) is 22.9. The average molecular weight is 532 g/mol. The summed E-state index contributed by atoms with van der Waals surface area (Å²) < 4.78 is 52.9. The van der Waals surface area contributed by atoms with Crippen molar-refractivity contribution in [1.29, 1.82) is 0 Å². The van der Waals surface area contributed by atoms with E-state index in [0.717, 1.165) is 22.7 Å². The summed E-state index contributed by atoms with van der Waals surface area (Å²) in [5.41, 5.74) is 1.46. The molecule has 0 aliphatic heterocycles. The van der Waals surface area contributed by atoms with Gasteiger partial charge in [-0.1, -0.05) is 27.7 Å². The Balaban J connectivity index is 1.93. The van der Waals surface area contributed by atoms with Gasteiger partial charge in [-0.2, -0.15) is 8.42 Å². The van der Waals surface area contributed by atoms with Gasteiger partial charge in [0.05, 0.1) is 23.4 Å². The summed E-state index contributed by atoms with van der Waals surface area (Å²) >= 11 is 4.66. The lowest BCUT2D eigenvalue weighted by molar-refractivity contribution is 0.345. The minimum absolute atomic E-state index is 0.00864. The molecule has 0 atom stereocenters. The Kier molecular flexibility index (Phi) is 7.02.